The third kappa shape index (κ3) is 6.68. The topological polar surface area (TPSA) is 84.2 Å². The molecule has 8 heteroatoms. The molecule has 0 unspecified atom stereocenters. The fourth-order valence-corrected chi connectivity index (χ4v) is 5.05. The number of unbranched alkanes of at least 4 members (excludes halogenated alkanes) is 1. The summed E-state index contributed by atoms with van der Waals surface area (Å²) in [6, 6.07) is 18.9. The molecule has 0 aliphatic heterocycles. The third-order valence-electron chi connectivity index (χ3n) is 5.81. The smallest absolute Gasteiger partial charge is 0.261 e. The predicted molar refractivity (Wildman–Crippen MR) is 136 cm³/mol. The van der Waals surface area contributed by atoms with Crippen LogP contribution in [0.4, 0.5) is 10.1 Å². The summed E-state index contributed by atoms with van der Waals surface area (Å²) in [6.07, 6.45) is 4.57. The number of rotatable bonds is 12. The lowest BCUT2D eigenvalue weighted by Gasteiger charge is -2.11. The monoisotopic (exact) mass is 495 g/mol. The highest BCUT2D eigenvalue weighted by Gasteiger charge is 2.14. The molecular formula is C27H30FN3O3S. The molecule has 1 heterocycles. The van der Waals surface area contributed by atoms with Gasteiger partial charge in [0.15, 0.2) is 5.58 Å². The number of hydrogen-bond donors (Lipinski definition) is 2. The van der Waals surface area contributed by atoms with Crippen LogP contribution in [0.2, 0.25) is 0 Å². The quantitative estimate of drug-likeness (QED) is 0.242. The molecule has 0 aliphatic rings. The van der Waals surface area contributed by atoms with Crippen LogP contribution >= 0.6 is 0 Å². The van der Waals surface area contributed by atoms with Gasteiger partial charge in [-0.3, -0.25) is 4.72 Å². The van der Waals surface area contributed by atoms with Crippen molar-refractivity contribution in [3.8, 4) is 0 Å². The van der Waals surface area contributed by atoms with Crippen LogP contribution in [0.3, 0.4) is 0 Å². The molecule has 4 rings (SSSR count). The van der Waals surface area contributed by atoms with E-state index in [-0.39, 0.29) is 10.7 Å². The number of halogens is 1. The van der Waals surface area contributed by atoms with E-state index in [4.69, 9.17) is 4.52 Å². The Morgan fingerprint density at radius 3 is 2.57 bits per heavy atom. The minimum Gasteiger partial charge on any atom is -0.356 e. The summed E-state index contributed by atoms with van der Waals surface area (Å²) < 4.78 is 46.7. The van der Waals surface area contributed by atoms with E-state index in [0.717, 1.165) is 60.9 Å². The largest absolute Gasteiger partial charge is 0.356 e. The van der Waals surface area contributed by atoms with Gasteiger partial charge in [0, 0.05) is 23.7 Å². The zero-order chi connectivity index (χ0) is 24.7. The average molecular weight is 496 g/mol. The van der Waals surface area contributed by atoms with E-state index in [1.54, 1.807) is 24.3 Å². The minimum atomic E-state index is -3.64. The Morgan fingerprint density at radius 1 is 0.943 bits per heavy atom. The molecule has 0 spiro atoms. The Balaban J connectivity index is 1.23. The Kier molecular flexibility index (Phi) is 8.15. The molecule has 6 nitrogen and oxygen atoms in total. The number of nitrogens with one attached hydrogen (secondary N) is 2. The van der Waals surface area contributed by atoms with E-state index in [9.17, 15) is 12.8 Å². The second-order valence-electron chi connectivity index (χ2n) is 8.60. The van der Waals surface area contributed by atoms with Crippen LogP contribution in [0.25, 0.3) is 11.0 Å². The van der Waals surface area contributed by atoms with Crippen molar-refractivity contribution >= 4 is 26.7 Å². The molecule has 0 fully saturated rings. The van der Waals surface area contributed by atoms with Crippen molar-refractivity contribution in [1.29, 1.82) is 0 Å². The van der Waals surface area contributed by atoms with E-state index < -0.39 is 10.0 Å². The molecular weight excluding hydrogens is 465 g/mol. The normalized spacial score (nSPS) is 11.7. The maximum absolute atomic E-state index is 13.3. The molecule has 2 N–H and O–H groups in total. The number of sulfonamides is 1. The highest BCUT2D eigenvalue weighted by molar-refractivity contribution is 7.92. The van der Waals surface area contributed by atoms with Crippen molar-refractivity contribution in [3.05, 3.63) is 89.4 Å². The van der Waals surface area contributed by atoms with Gasteiger partial charge in [-0.15, -0.1) is 0 Å². The molecule has 0 bridgehead atoms. The fourth-order valence-electron chi connectivity index (χ4n) is 4.00. The van der Waals surface area contributed by atoms with E-state index in [1.165, 1.54) is 12.1 Å². The molecule has 0 saturated carbocycles. The van der Waals surface area contributed by atoms with Gasteiger partial charge in [0.1, 0.15) is 5.82 Å². The third-order valence-corrected chi connectivity index (χ3v) is 7.20. The molecule has 0 amide bonds. The van der Waals surface area contributed by atoms with E-state index >= 15 is 0 Å². The first-order valence-electron chi connectivity index (χ1n) is 11.9. The zero-order valence-corrected chi connectivity index (χ0v) is 20.6. The Hall–Kier alpha value is -3.23. The highest BCUT2D eigenvalue weighted by atomic mass is 32.2. The summed E-state index contributed by atoms with van der Waals surface area (Å²) in [4.78, 5) is 0.255. The summed E-state index contributed by atoms with van der Waals surface area (Å²) in [7, 11) is -3.64. The molecule has 3 aromatic carbocycles. The van der Waals surface area contributed by atoms with Gasteiger partial charge >= 0.3 is 0 Å². The zero-order valence-electron chi connectivity index (χ0n) is 19.8. The average Bonchev–Trinajstić information content (AvgIpc) is 3.23. The van der Waals surface area contributed by atoms with Gasteiger partial charge in [0.25, 0.3) is 10.0 Å². The molecule has 0 atom stereocenters. The van der Waals surface area contributed by atoms with Gasteiger partial charge in [-0.2, -0.15) is 0 Å². The van der Waals surface area contributed by atoms with Crippen LogP contribution in [-0.2, 0) is 29.4 Å². The van der Waals surface area contributed by atoms with Crippen molar-refractivity contribution in [2.75, 3.05) is 11.3 Å². The summed E-state index contributed by atoms with van der Waals surface area (Å²) in [5.41, 5.74) is 3.98. The number of fused-ring (bicyclic) bond motifs is 1. The number of anilines is 1. The molecule has 4 aromatic rings. The van der Waals surface area contributed by atoms with Crippen LogP contribution in [0, 0.1) is 5.82 Å². The SMILES string of the molecule is CCCc1ccc(S(=O)(=O)Nc2cccc(CNCCCCc3noc4cc(F)ccc34)c2)cc1. The number of benzene rings is 3. The second-order valence-corrected chi connectivity index (χ2v) is 10.3. The van der Waals surface area contributed by atoms with Crippen molar-refractivity contribution in [3.63, 3.8) is 0 Å². The summed E-state index contributed by atoms with van der Waals surface area (Å²) in [5.74, 6) is -0.331. The number of hydrogen-bond acceptors (Lipinski definition) is 5. The van der Waals surface area contributed by atoms with Crippen LogP contribution in [0.1, 0.15) is 43.0 Å². The minimum absolute atomic E-state index is 0.255. The van der Waals surface area contributed by atoms with Crippen molar-refractivity contribution in [2.45, 2.75) is 50.5 Å². The summed E-state index contributed by atoms with van der Waals surface area (Å²) >= 11 is 0. The lowest BCUT2D eigenvalue weighted by Crippen LogP contribution is -2.16. The van der Waals surface area contributed by atoms with E-state index in [0.29, 0.717) is 17.8 Å². The van der Waals surface area contributed by atoms with Crippen molar-refractivity contribution < 1.29 is 17.3 Å². The predicted octanol–water partition coefficient (Wildman–Crippen LogP) is 5.83. The molecule has 0 saturated heterocycles. The van der Waals surface area contributed by atoms with Crippen molar-refractivity contribution in [1.82, 2.24) is 10.5 Å². The van der Waals surface area contributed by atoms with Crippen molar-refractivity contribution in [2.24, 2.45) is 0 Å². The number of nitrogens with zero attached hydrogens (tertiary/aromatic N) is 1. The van der Waals surface area contributed by atoms with Gasteiger partial charge in [-0.05, 0) is 79.8 Å². The lowest BCUT2D eigenvalue weighted by atomic mass is 10.1. The first-order valence-corrected chi connectivity index (χ1v) is 13.4. The summed E-state index contributed by atoms with van der Waals surface area (Å²) in [6.45, 7) is 3.54. The molecule has 35 heavy (non-hydrogen) atoms. The Labute approximate surface area is 205 Å². The fraction of sp³-hybridized carbons (Fsp3) is 0.296. The Morgan fingerprint density at radius 2 is 1.77 bits per heavy atom. The first-order chi connectivity index (χ1) is 16.9. The van der Waals surface area contributed by atoms with Gasteiger partial charge in [0.05, 0.1) is 10.6 Å². The lowest BCUT2D eigenvalue weighted by molar-refractivity contribution is 0.442. The van der Waals surface area contributed by atoms with Gasteiger partial charge in [-0.25, -0.2) is 12.8 Å². The Bertz CT molecular complexity index is 1370. The molecule has 184 valence electrons. The van der Waals surface area contributed by atoms with Crippen LogP contribution in [0.5, 0.6) is 0 Å². The molecule has 0 radical (unpaired) electrons. The van der Waals surface area contributed by atoms with Gasteiger partial charge < -0.3 is 9.84 Å². The maximum atomic E-state index is 13.3. The molecule has 1 aromatic heterocycles. The van der Waals surface area contributed by atoms with E-state index in [1.807, 2.05) is 30.3 Å². The first kappa shape index (κ1) is 24.9. The number of aryl methyl sites for hydroxylation is 2. The summed E-state index contributed by atoms with van der Waals surface area (Å²) in [5, 5.41) is 8.31. The van der Waals surface area contributed by atoms with E-state index in [2.05, 4.69) is 22.1 Å². The standard InChI is InChI=1S/C27H30FN3O3S/c1-2-6-20-10-13-24(14-11-20)35(32,33)31-23-8-5-7-21(17-23)19-29-16-4-3-9-26-25-15-12-22(28)18-27(25)34-30-26/h5,7-8,10-15,17-18,29,31H,2-4,6,9,16,19H2,1H3. The maximum Gasteiger partial charge on any atom is 0.261 e. The van der Waals surface area contributed by atoms with Gasteiger partial charge in [-0.1, -0.05) is 42.8 Å². The number of aromatic nitrogens is 1. The van der Waals surface area contributed by atoms with Crippen LogP contribution < -0.4 is 10.0 Å². The van der Waals surface area contributed by atoms with Gasteiger partial charge in [0.2, 0.25) is 0 Å². The molecule has 0 aliphatic carbocycles. The second kappa shape index (κ2) is 11.5. The van der Waals surface area contributed by atoms with Crippen LogP contribution in [-0.4, -0.2) is 20.1 Å². The van der Waals surface area contributed by atoms with Crippen LogP contribution in [0.15, 0.2) is 76.1 Å². The highest BCUT2D eigenvalue weighted by Crippen LogP contribution is 2.21.